The van der Waals surface area contributed by atoms with Gasteiger partial charge in [0.15, 0.2) is 0 Å². The van der Waals surface area contributed by atoms with Gasteiger partial charge in [-0.3, -0.25) is 0 Å². The molecule has 0 aliphatic carbocycles. The van der Waals surface area contributed by atoms with Crippen molar-refractivity contribution in [1.29, 1.82) is 0 Å². The number of likely N-dealkylation sites (tertiary alicyclic amines) is 1. The van der Waals surface area contributed by atoms with Gasteiger partial charge in [-0.2, -0.15) is 0 Å². The number of anilines is 1. The molecule has 3 atom stereocenters. The second-order valence-corrected chi connectivity index (χ2v) is 9.23. The summed E-state index contributed by atoms with van der Waals surface area (Å²) in [7, 11) is 0. The van der Waals surface area contributed by atoms with E-state index in [1.807, 2.05) is 28.9 Å². The normalized spacial score (nSPS) is 29.1. The van der Waals surface area contributed by atoms with E-state index in [-0.39, 0.29) is 23.6 Å². The van der Waals surface area contributed by atoms with Gasteiger partial charge in [-0.1, -0.05) is 13.8 Å². The van der Waals surface area contributed by atoms with E-state index in [0.29, 0.717) is 32.0 Å². The van der Waals surface area contributed by atoms with Crippen molar-refractivity contribution in [2.75, 3.05) is 44.2 Å². The average Bonchev–Trinajstić information content (AvgIpc) is 2.93. The molecule has 4 heterocycles. The van der Waals surface area contributed by atoms with Crippen LogP contribution in [0.25, 0.3) is 0 Å². The predicted octanol–water partition coefficient (Wildman–Crippen LogP) is 2.81. The number of carbonyl (C=O) groups excluding carboxylic acids is 1. The number of amides is 2. The van der Waals surface area contributed by atoms with E-state index in [0.717, 1.165) is 31.8 Å². The average molecular weight is 388 g/mol. The molecule has 1 N–H and O–H groups in total. The lowest BCUT2D eigenvalue weighted by molar-refractivity contribution is 0.144. The molecule has 6 heteroatoms. The molecular formula is C22H33N3O3. The van der Waals surface area contributed by atoms with Crippen LogP contribution in [0, 0.1) is 11.3 Å². The minimum absolute atomic E-state index is 0.0952. The lowest BCUT2D eigenvalue weighted by Gasteiger charge is -2.48. The first kappa shape index (κ1) is 19.4. The summed E-state index contributed by atoms with van der Waals surface area (Å²) < 4.78 is 5.59. The number of piperidine rings is 1. The summed E-state index contributed by atoms with van der Waals surface area (Å²) in [6.45, 7) is 11.0. The molecule has 6 nitrogen and oxygen atoms in total. The van der Waals surface area contributed by atoms with Crippen LogP contribution in [0.1, 0.15) is 33.6 Å². The minimum Gasteiger partial charge on any atom is -0.494 e. The lowest BCUT2D eigenvalue weighted by atomic mass is 9.73. The van der Waals surface area contributed by atoms with Gasteiger partial charge in [0.05, 0.1) is 18.8 Å². The van der Waals surface area contributed by atoms with Gasteiger partial charge in [0.2, 0.25) is 0 Å². The third kappa shape index (κ3) is 3.66. The number of β-amino-alcohol motifs (C(OH)–C–C–N with tert-alkyl or cyclic N) is 1. The summed E-state index contributed by atoms with van der Waals surface area (Å²) in [5, 5.41) is 9.82. The SMILES string of the molecule is CCOc1ccc(N2CC3CN(C(=O)N4CCC(O)C4)CC2C(C)(C)C3)cc1. The van der Waals surface area contributed by atoms with Gasteiger partial charge in [0.1, 0.15) is 5.75 Å². The van der Waals surface area contributed by atoms with Crippen molar-refractivity contribution < 1.29 is 14.6 Å². The molecule has 1 aromatic rings. The molecule has 0 spiro atoms. The van der Waals surface area contributed by atoms with Gasteiger partial charge < -0.3 is 24.5 Å². The van der Waals surface area contributed by atoms with Crippen molar-refractivity contribution in [2.24, 2.45) is 11.3 Å². The standard InChI is InChI=1S/C22H33N3O3/c1-4-28-19-7-5-17(6-8-19)25-13-16-11-22(2,3)20(25)15-24(12-16)21(27)23-10-9-18(26)14-23/h5-8,16,18,20,26H,4,9-15H2,1-3H3. The van der Waals surface area contributed by atoms with E-state index in [4.69, 9.17) is 4.74 Å². The molecule has 4 aliphatic heterocycles. The van der Waals surface area contributed by atoms with Crippen molar-refractivity contribution in [1.82, 2.24) is 9.80 Å². The van der Waals surface area contributed by atoms with Gasteiger partial charge in [-0.25, -0.2) is 4.79 Å². The largest absolute Gasteiger partial charge is 0.494 e. The summed E-state index contributed by atoms with van der Waals surface area (Å²) in [5.41, 5.74) is 1.35. The Hall–Kier alpha value is -1.95. The Morgan fingerprint density at radius 3 is 2.54 bits per heavy atom. The Morgan fingerprint density at radius 2 is 1.89 bits per heavy atom. The molecule has 0 radical (unpaired) electrons. The first-order valence-electron chi connectivity index (χ1n) is 10.6. The number of carbonyl (C=O) groups is 1. The van der Waals surface area contributed by atoms with Crippen molar-refractivity contribution in [2.45, 2.75) is 45.8 Å². The molecule has 4 aliphatic rings. The Morgan fingerprint density at radius 1 is 1.14 bits per heavy atom. The summed E-state index contributed by atoms with van der Waals surface area (Å²) in [4.78, 5) is 19.5. The molecule has 1 aromatic carbocycles. The Labute approximate surface area is 168 Å². The van der Waals surface area contributed by atoms with Crippen molar-refractivity contribution in [3.05, 3.63) is 24.3 Å². The molecule has 2 bridgehead atoms. The van der Waals surface area contributed by atoms with Crippen LogP contribution in [0.15, 0.2) is 24.3 Å². The Balaban J connectivity index is 1.55. The molecular weight excluding hydrogens is 354 g/mol. The number of nitrogens with zero attached hydrogens (tertiary/aromatic N) is 3. The Kier molecular flexibility index (Phi) is 5.17. The molecule has 0 aromatic heterocycles. The molecule has 5 rings (SSSR count). The number of aliphatic hydroxyl groups is 1. The number of hydrogen-bond acceptors (Lipinski definition) is 4. The summed E-state index contributed by atoms with van der Waals surface area (Å²) >= 11 is 0. The zero-order chi connectivity index (χ0) is 19.9. The molecule has 2 amide bonds. The smallest absolute Gasteiger partial charge is 0.320 e. The van der Waals surface area contributed by atoms with Crippen molar-refractivity contribution in [3.8, 4) is 5.75 Å². The number of aliphatic hydroxyl groups excluding tert-OH is 1. The monoisotopic (exact) mass is 387 g/mol. The maximum Gasteiger partial charge on any atom is 0.320 e. The molecule has 154 valence electrons. The van der Waals surface area contributed by atoms with Crippen LogP contribution in [0.3, 0.4) is 0 Å². The second kappa shape index (κ2) is 7.47. The highest BCUT2D eigenvalue weighted by Crippen LogP contribution is 2.43. The topological polar surface area (TPSA) is 56.2 Å². The lowest BCUT2D eigenvalue weighted by Crippen LogP contribution is -2.54. The highest BCUT2D eigenvalue weighted by molar-refractivity contribution is 5.75. The van der Waals surface area contributed by atoms with Crippen molar-refractivity contribution >= 4 is 11.7 Å². The first-order valence-corrected chi connectivity index (χ1v) is 10.6. The van der Waals surface area contributed by atoms with Gasteiger partial charge in [0.25, 0.3) is 0 Å². The number of urea groups is 1. The van der Waals surface area contributed by atoms with Gasteiger partial charge in [0, 0.05) is 38.4 Å². The van der Waals surface area contributed by atoms with E-state index in [9.17, 15) is 9.90 Å². The van der Waals surface area contributed by atoms with E-state index in [2.05, 4.69) is 30.9 Å². The predicted molar refractivity (Wildman–Crippen MR) is 110 cm³/mol. The molecule has 4 saturated heterocycles. The first-order chi connectivity index (χ1) is 13.4. The minimum atomic E-state index is -0.371. The third-order valence-electron chi connectivity index (χ3n) is 6.60. The second-order valence-electron chi connectivity index (χ2n) is 9.23. The number of ether oxygens (including phenoxy) is 1. The third-order valence-corrected chi connectivity index (χ3v) is 6.60. The highest BCUT2D eigenvalue weighted by atomic mass is 16.5. The van der Waals surface area contributed by atoms with Gasteiger partial charge in [-0.05, 0) is 55.4 Å². The Bertz CT molecular complexity index is 705. The van der Waals surface area contributed by atoms with Crippen molar-refractivity contribution in [3.63, 3.8) is 0 Å². The van der Waals surface area contributed by atoms with Crippen LogP contribution in [0.4, 0.5) is 10.5 Å². The van der Waals surface area contributed by atoms with Crippen LogP contribution in [0.2, 0.25) is 0 Å². The summed E-state index contributed by atoms with van der Waals surface area (Å²) in [6, 6.07) is 8.74. The number of fused-ring (bicyclic) bond motifs is 4. The van der Waals surface area contributed by atoms with Gasteiger partial charge >= 0.3 is 6.03 Å². The van der Waals surface area contributed by atoms with Crippen LogP contribution in [-0.4, -0.2) is 72.4 Å². The van der Waals surface area contributed by atoms with E-state index < -0.39 is 0 Å². The maximum atomic E-state index is 13.1. The fraction of sp³-hybridized carbons (Fsp3) is 0.682. The van der Waals surface area contributed by atoms with Crippen LogP contribution in [-0.2, 0) is 0 Å². The number of hydrogen-bond donors (Lipinski definition) is 1. The fourth-order valence-electron chi connectivity index (χ4n) is 5.29. The van der Waals surface area contributed by atoms with E-state index >= 15 is 0 Å². The molecule has 28 heavy (non-hydrogen) atoms. The zero-order valence-corrected chi connectivity index (χ0v) is 17.3. The van der Waals surface area contributed by atoms with Crippen LogP contribution >= 0.6 is 0 Å². The quantitative estimate of drug-likeness (QED) is 0.867. The van der Waals surface area contributed by atoms with Gasteiger partial charge in [-0.15, -0.1) is 0 Å². The van der Waals surface area contributed by atoms with Crippen LogP contribution in [0.5, 0.6) is 5.75 Å². The van der Waals surface area contributed by atoms with E-state index in [1.54, 1.807) is 0 Å². The maximum absolute atomic E-state index is 13.1. The number of benzene rings is 1. The van der Waals surface area contributed by atoms with E-state index in [1.165, 1.54) is 5.69 Å². The molecule has 4 fully saturated rings. The molecule has 0 saturated carbocycles. The summed E-state index contributed by atoms with van der Waals surface area (Å²) in [6.07, 6.45) is 1.46. The highest BCUT2D eigenvalue weighted by Gasteiger charge is 2.47. The van der Waals surface area contributed by atoms with Crippen LogP contribution < -0.4 is 9.64 Å². The zero-order valence-electron chi connectivity index (χ0n) is 17.3. The number of rotatable bonds is 3. The summed E-state index contributed by atoms with van der Waals surface area (Å²) in [5.74, 6) is 1.35. The fourth-order valence-corrected chi connectivity index (χ4v) is 5.29. The molecule has 3 unspecified atom stereocenters.